The van der Waals surface area contributed by atoms with Gasteiger partial charge in [-0.2, -0.15) is 13.2 Å². The molecule has 106 valence electrons. The van der Waals surface area contributed by atoms with Crippen molar-refractivity contribution in [2.24, 2.45) is 0 Å². The minimum atomic E-state index is -4.48. The van der Waals surface area contributed by atoms with Gasteiger partial charge in [0.05, 0.1) is 11.3 Å². The molecule has 0 atom stereocenters. The molecular formula is C13H9Br2F3N2. The molecule has 2 rings (SSSR count). The Morgan fingerprint density at radius 3 is 2.15 bits per heavy atom. The monoisotopic (exact) mass is 408 g/mol. The summed E-state index contributed by atoms with van der Waals surface area (Å²) in [4.78, 5) is 0. The number of benzene rings is 2. The van der Waals surface area contributed by atoms with Gasteiger partial charge in [0, 0.05) is 20.3 Å². The van der Waals surface area contributed by atoms with Gasteiger partial charge in [0.15, 0.2) is 0 Å². The Morgan fingerprint density at radius 1 is 1.00 bits per heavy atom. The lowest BCUT2D eigenvalue weighted by Gasteiger charge is -2.14. The third kappa shape index (κ3) is 3.27. The van der Waals surface area contributed by atoms with Gasteiger partial charge in [-0.05, 0) is 62.2 Å². The fourth-order valence-corrected chi connectivity index (χ4v) is 2.84. The summed E-state index contributed by atoms with van der Waals surface area (Å²) in [5.41, 5.74) is 5.16. The summed E-state index contributed by atoms with van der Waals surface area (Å²) in [5.74, 6) is 0. The lowest BCUT2D eigenvalue weighted by atomic mass is 10.1. The quantitative estimate of drug-likeness (QED) is 0.637. The van der Waals surface area contributed by atoms with Crippen molar-refractivity contribution in [2.75, 3.05) is 11.1 Å². The zero-order valence-electron chi connectivity index (χ0n) is 9.93. The van der Waals surface area contributed by atoms with E-state index >= 15 is 0 Å². The molecule has 2 aromatic rings. The topological polar surface area (TPSA) is 38.0 Å². The smallest absolute Gasteiger partial charge is 0.398 e. The van der Waals surface area contributed by atoms with Gasteiger partial charge in [0.1, 0.15) is 0 Å². The van der Waals surface area contributed by atoms with Crippen LogP contribution in [0.3, 0.4) is 0 Å². The Kier molecular flexibility index (Phi) is 4.29. The van der Waals surface area contributed by atoms with Crippen LogP contribution in [0.4, 0.5) is 30.2 Å². The highest BCUT2D eigenvalue weighted by Gasteiger charge is 2.33. The van der Waals surface area contributed by atoms with Crippen LogP contribution in [0, 0.1) is 0 Å². The normalized spacial score (nSPS) is 11.4. The number of alkyl halides is 3. The number of nitrogen functional groups attached to an aromatic ring is 1. The molecule has 3 N–H and O–H groups in total. The molecular weight excluding hydrogens is 401 g/mol. The number of nitrogens with two attached hydrogens (primary N) is 1. The number of hydrogen-bond acceptors (Lipinski definition) is 2. The van der Waals surface area contributed by atoms with E-state index in [1.807, 2.05) is 6.07 Å². The molecule has 0 saturated heterocycles. The van der Waals surface area contributed by atoms with E-state index in [1.54, 1.807) is 12.1 Å². The van der Waals surface area contributed by atoms with Crippen LogP contribution in [0.2, 0.25) is 0 Å². The first kappa shape index (κ1) is 15.2. The minimum Gasteiger partial charge on any atom is -0.398 e. The Balaban J connectivity index is 2.40. The van der Waals surface area contributed by atoms with Gasteiger partial charge in [0.2, 0.25) is 0 Å². The summed E-state index contributed by atoms with van der Waals surface area (Å²) >= 11 is 6.68. The highest BCUT2D eigenvalue weighted by atomic mass is 79.9. The zero-order chi connectivity index (χ0) is 14.9. The number of nitrogens with one attached hydrogen (secondary N) is 1. The van der Waals surface area contributed by atoms with Crippen molar-refractivity contribution in [3.63, 3.8) is 0 Å². The van der Waals surface area contributed by atoms with E-state index in [0.717, 1.165) is 15.0 Å². The SMILES string of the molecule is Nc1ccc(Nc2c(Br)cccc2Br)cc1C(F)(F)F. The molecule has 2 nitrogen and oxygen atoms in total. The molecule has 0 heterocycles. The van der Waals surface area contributed by atoms with E-state index in [2.05, 4.69) is 37.2 Å². The average molecular weight is 410 g/mol. The molecule has 0 unspecified atom stereocenters. The van der Waals surface area contributed by atoms with Crippen molar-refractivity contribution in [3.05, 3.63) is 50.9 Å². The molecule has 0 amide bonds. The summed E-state index contributed by atoms with van der Waals surface area (Å²) in [5, 5.41) is 2.93. The average Bonchev–Trinajstić information content (AvgIpc) is 2.34. The molecule has 0 bridgehead atoms. The highest BCUT2D eigenvalue weighted by molar-refractivity contribution is 9.11. The molecule has 0 aliphatic rings. The van der Waals surface area contributed by atoms with Crippen LogP contribution in [0.25, 0.3) is 0 Å². The lowest BCUT2D eigenvalue weighted by molar-refractivity contribution is -0.136. The van der Waals surface area contributed by atoms with E-state index in [9.17, 15) is 13.2 Å². The maximum Gasteiger partial charge on any atom is 0.418 e. The standard InChI is InChI=1S/C13H9Br2F3N2/c14-9-2-1-3-10(15)12(9)20-7-4-5-11(19)8(6-7)13(16,17)18/h1-6,20H,19H2. The largest absolute Gasteiger partial charge is 0.418 e. The molecule has 0 aromatic heterocycles. The zero-order valence-corrected chi connectivity index (χ0v) is 13.1. The van der Waals surface area contributed by atoms with Crippen molar-refractivity contribution in [3.8, 4) is 0 Å². The van der Waals surface area contributed by atoms with E-state index in [-0.39, 0.29) is 5.69 Å². The van der Waals surface area contributed by atoms with Crippen molar-refractivity contribution in [1.29, 1.82) is 0 Å². The third-order valence-corrected chi connectivity index (χ3v) is 3.91. The predicted molar refractivity (Wildman–Crippen MR) is 81.0 cm³/mol. The van der Waals surface area contributed by atoms with Gasteiger partial charge in [-0.1, -0.05) is 6.07 Å². The number of anilines is 3. The Morgan fingerprint density at radius 2 is 1.60 bits per heavy atom. The molecule has 0 fully saturated rings. The first-order valence-electron chi connectivity index (χ1n) is 5.47. The molecule has 2 aromatic carbocycles. The summed E-state index contributed by atoms with van der Waals surface area (Å²) < 4.78 is 39.9. The minimum absolute atomic E-state index is 0.297. The van der Waals surface area contributed by atoms with Crippen LogP contribution in [0.15, 0.2) is 45.3 Å². The van der Waals surface area contributed by atoms with Crippen LogP contribution >= 0.6 is 31.9 Å². The van der Waals surface area contributed by atoms with Gasteiger partial charge in [0.25, 0.3) is 0 Å². The van der Waals surface area contributed by atoms with E-state index in [4.69, 9.17) is 5.73 Å². The summed E-state index contributed by atoms with van der Waals surface area (Å²) in [7, 11) is 0. The molecule has 0 saturated carbocycles. The van der Waals surface area contributed by atoms with Gasteiger partial charge in [-0.25, -0.2) is 0 Å². The van der Waals surface area contributed by atoms with Gasteiger partial charge in [-0.15, -0.1) is 0 Å². The van der Waals surface area contributed by atoms with Gasteiger partial charge in [-0.3, -0.25) is 0 Å². The van der Waals surface area contributed by atoms with E-state index < -0.39 is 11.7 Å². The van der Waals surface area contributed by atoms with Crippen LogP contribution < -0.4 is 11.1 Å². The Labute approximate surface area is 130 Å². The van der Waals surface area contributed by atoms with E-state index in [0.29, 0.717) is 11.4 Å². The summed E-state index contributed by atoms with van der Waals surface area (Å²) in [6.45, 7) is 0. The summed E-state index contributed by atoms with van der Waals surface area (Å²) in [6.07, 6.45) is -4.48. The predicted octanol–water partition coefficient (Wildman–Crippen LogP) is 5.56. The van der Waals surface area contributed by atoms with Crippen LogP contribution in [-0.4, -0.2) is 0 Å². The van der Waals surface area contributed by atoms with Crippen molar-refractivity contribution >= 4 is 48.9 Å². The number of rotatable bonds is 2. The third-order valence-electron chi connectivity index (χ3n) is 2.59. The lowest BCUT2D eigenvalue weighted by Crippen LogP contribution is -2.09. The first-order valence-corrected chi connectivity index (χ1v) is 7.05. The summed E-state index contributed by atoms with van der Waals surface area (Å²) in [6, 6.07) is 9.10. The molecule has 7 heteroatoms. The number of hydrogen-bond donors (Lipinski definition) is 2. The van der Waals surface area contributed by atoms with Crippen LogP contribution in [0.5, 0.6) is 0 Å². The van der Waals surface area contributed by atoms with Crippen LogP contribution in [-0.2, 0) is 6.18 Å². The molecule has 0 aliphatic carbocycles. The van der Waals surface area contributed by atoms with Crippen molar-refractivity contribution < 1.29 is 13.2 Å². The maximum atomic E-state index is 12.8. The number of para-hydroxylation sites is 1. The maximum absolute atomic E-state index is 12.8. The van der Waals surface area contributed by atoms with Crippen molar-refractivity contribution in [1.82, 2.24) is 0 Å². The molecule has 20 heavy (non-hydrogen) atoms. The Hall–Kier alpha value is -1.21. The highest BCUT2D eigenvalue weighted by Crippen LogP contribution is 2.37. The first-order chi connectivity index (χ1) is 9.29. The molecule has 0 aliphatic heterocycles. The fourth-order valence-electron chi connectivity index (χ4n) is 1.64. The second kappa shape index (κ2) is 5.65. The molecule has 0 spiro atoms. The molecule has 0 radical (unpaired) electrons. The van der Waals surface area contributed by atoms with Crippen molar-refractivity contribution in [2.45, 2.75) is 6.18 Å². The van der Waals surface area contributed by atoms with Gasteiger partial charge < -0.3 is 11.1 Å². The second-order valence-electron chi connectivity index (χ2n) is 4.02. The van der Waals surface area contributed by atoms with E-state index in [1.165, 1.54) is 12.1 Å². The fraction of sp³-hybridized carbons (Fsp3) is 0.0769. The Bertz CT molecular complexity index is 622. The van der Waals surface area contributed by atoms with Gasteiger partial charge >= 0.3 is 6.18 Å². The second-order valence-corrected chi connectivity index (χ2v) is 5.73. The van der Waals surface area contributed by atoms with Crippen LogP contribution in [0.1, 0.15) is 5.56 Å². The number of halogens is 5.